The second kappa shape index (κ2) is 9.76. The molecule has 162 valence electrons. The van der Waals surface area contributed by atoms with Gasteiger partial charge in [0.25, 0.3) is 5.91 Å². The summed E-state index contributed by atoms with van der Waals surface area (Å²) in [5, 5.41) is 4.90. The van der Waals surface area contributed by atoms with E-state index in [4.69, 9.17) is 16.3 Å². The van der Waals surface area contributed by atoms with Crippen molar-refractivity contribution < 1.29 is 9.53 Å². The van der Waals surface area contributed by atoms with Gasteiger partial charge in [-0.2, -0.15) is 5.10 Å². The third-order valence-corrected chi connectivity index (χ3v) is 5.95. The molecule has 0 saturated carbocycles. The number of rotatable bonds is 5. The van der Waals surface area contributed by atoms with Gasteiger partial charge < -0.3 is 14.5 Å². The third kappa shape index (κ3) is 4.94. The number of pyridine rings is 1. The van der Waals surface area contributed by atoms with E-state index in [9.17, 15) is 4.79 Å². The number of nitrogens with zero attached hydrogens (tertiary/aromatic N) is 6. The van der Waals surface area contributed by atoms with E-state index >= 15 is 0 Å². The number of carbonyl (C=O) groups excluding carboxylic acids is 1. The van der Waals surface area contributed by atoms with Crippen molar-refractivity contribution in [1.82, 2.24) is 24.6 Å². The number of amides is 1. The minimum atomic E-state index is -0.0334. The predicted molar refractivity (Wildman–Crippen MR) is 116 cm³/mol. The molecule has 2 aliphatic rings. The van der Waals surface area contributed by atoms with Crippen molar-refractivity contribution in [2.75, 3.05) is 57.4 Å². The van der Waals surface area contributed by atoms with Gasteiger partial charge in [-0.3, -0.25) is 14.4 Å². The van der Waals surface area contributed by atoms with Crippen LogP contribution >= 0.6 is 11.6 Å². The molecule has 0 atom stereocenters. The molecule has 0 aromatic carbocycles. The topological polar surface area (TPSA) is 66.7 Å². The van der Waals surface area contributed by atoms with Gasteiger partial charge in [0, 0.05) is 70.3 Å². The fourth-order valence-corrected chi connectivity index (χ4v) is 4.28. The Balaban J connectivity index is 1.38. The zero-order chi connectivity index (χ0) is 20.9. The molecule has 8 nitrogen and oxygen atoms in total. The maximum Gasteiger partial charge on any atom is 0.255 e. The Morgan fingerprint density at radius 3 is 2.70 bits per heavy atom. The van der Waals surface area contributed by atoms with E-state index in [0.29, 0.717) is 36.9 Å². The normalized spacial score (nSPS) is 18.5. The molecule has 1 amide bonds. The molecule has 0 bridgehead atoms. The summed E-state index contributed by atoms with van der Waals surface area (Å²) in [5.74, 6) is 0.727. The van der Waals surface area contributed by atoms with Crippen LogP contribution in [0, 0.1) is 0 Å². The summed E-state index contributed by atoms with van der Waals surface area (Å²) in [6.07, 6.45) is 6.76. The van der Waals surface area contributed by atoms with E-state index in [1.807, 2.05) is 10.9 Å². The number of morpholine rings is 1. The standard InChI is InChI=1S/C21H29ClN6O2/c1-2-28-16-17(13-24-28)15-25-4-3-5-26(7-6-25)20-19(22)12-18(14-23-20)21(29)27-8-10-30-11-9-27/h12-14,16H,2-11,15H2,1H3. The van der Waals surface area contributed by atoms with Crippen molar-refractivity contribution in [3.63, 3.8) is 0 Å². The first kappa shape index (κ1) is 21.1. The Hall–Kier alpha value is -2.16. The Morgan fingerprint density at radius 1 is 1.13 bits per heavy atom. The van der Waals surface area contributed by atoms with E-state index in [-0.39, 0.29) is 5.91 Å². The number of aryl methyl sites for hydroxylation is 1. The second-order valence-corrected chi connectivity index (χ2v) is 8.16. The lowest BCUT2D eigenvalue weighted by atomic mass is 10.2. The van der Waals surface area contributed by atoms with Crippen LogP contribution in [-0.4, -0.2) is 83.0 Å². The summed E-state index contributed by atoms with van der Waals surface area (Å²) in [6.45, 7) is 9.97. The molecule has 2 saturated heterocycles. The van der Waals surface area contributed by atoms with Crippen molar-refractivity contribution in [2.24, 2.45) is 0 Å². The van der Waals surface area contributed by atoms with E-state index in [0.717, 1.165) is 51.5 Å². The molecular weight excluding hydrogens is 404 g/mol. The van der Waals surface area contributed by atoms with Crippen LogP contribution in [0.1, 0.15) is 29.3 Å². The number of carbonyl (C=O) groups is 1. The van der Waals surface area contributed by atoms with Gasteiger partial charge in [0.1, 0.15) is 5.82 Å². The summed E-state index contributed by atoms with van der Waals surface area (Å²) in [6, 6.07) is 1.75. The van der Waals surface area contributed by atoms with E-state index < -0.39 is 0 Å². The van der Waals surface area contributed by atoms with Gasteiger partial charge in [-0.1, -0.05) is 11.6 Å². The van der Waals surface area contributed by atoms with Crippen molar-refractivity contribution in [3.8, 4) is 0 Å². The average molecular weight is 433 g/mol. The second-order valence-electron chi connectivity index (χ2n) is 7.76. The monoisotopic (exact) mass is 432 g/mol. The van der Waals surface area contributed by atoms with Crippen LogP contribution in [0.25, 0.3) is 0 Å². The molecule has 0 N–H and O–H groups in total. The first-order valence-electron chi connectivity index (χ1n) is 10.6. The lowest BCUT2D eigenvalue weighted by Gasteiger charge is -2.27. The summed E-state index contributed by atoms with van der Waals surface area (Å²) in [4.78, 5) is 23.7. The Morgan fingerprint density at radius 2 is 1.97 bits per heavy atom. The predicted octanol–water partition coefficient (Wildman–Crippen LogP) is 2.14. The number of ether oxygens (including phenoxy) is 1. The Labute approximate surface area is 182 Å². The number of halogens is 1. The van der Waals surface area contributed by atoms with Crippen LogP contribution in [-0.2, 0) is 17.8 Å². The first-order chi connectivity index (χ1) is 14.6. The fraction of sp³-hybridized carbons (Fsp3) is 0.571. The number of hydrogen-bond acceptors (Lipinski definition) is 6. The molecule has 2 aliphatic heterocycles. The smallest absolute Gasteiger partial charge is 0.255 e. The molecule has 9 heteroatoms. The van der Waals surface area contributed by atoms with Gasteiger partial charge in [-0.05, 0) is 19.4 Å². The summed E-state index contributed by atoms with van der Waals surface area (Å²) in [5.41, 5.74) is 1.78. The molecule has 2 aromatic rings. The highest BCUT2D eigenvalue weighted by Gasteiger charge is 2.22. The van der Waals surface area contributed by atoms with Crippen LogP contribution in [0.2, 0.25) is 5.02 Å². The van der Waals surface area contributed by atoms with Gasteiger partial charge in [0.15, 0.2) is 0 Å². The van der Waals surface area contributed by atoms with Gasteiger partial charge in [-0.25, -0.2) is 4.98 Å². The van der Waals surface area contributed by atoms with Crippen molar-refractivity contribution in [2.45, 2.75) is 26.4 Å². The molecule has 4 rings (SSSR count). The quantitative estimate of drug-likeness (QED) is 0.721. The zero-order valence-corrected chi connectivity index (χ0v) is 18.2. The highest BCUT2D eigenvalue weighted by atomic mass is 35.5. The van der Waals surface area contributed by atoms with Gasteiger partial charge in [0.2, 0.25) is 0 Å². The average Bonchev–Trinajstić information content (AvgIpc) is 3.11. The SMILES string of the molecule is CCn1cc(CN2CCCN(c3ncc(C(=O)N4CCOCC4)cc3Cl)CC2)cn1. The number of hydrogen-bond donors (Lipinski definition) is 0. The molecule has 0 unspecified atom stereocenters. The highest BCUT2D eigenvalue weighted by Crippen LogP contribution is 2.26. The van der Waals surface area contributed by atoms with E-state index in [1.165, 1.54) is 5.56 Å². The molecule has 4 heterocycles. The molecule has 0 radical (unpaired) electrons. The molecule has 2 aromatic heterocycles. The molecule has 2 fully saturated rings. The zero-order valence-electron chi connectivity index (χ0n) is 17.5. The highest BCUT2D eigenvalue weighted by molar-refractivity contribution is 6.33. The Kier molecular flexibility index (Phi) is 6.86. The third-order valence-electron chi connectivity index (χ3n) is 5.67. The summed E-state index contributed by atoms with van der Waals surface area (Å²) >= 11 is 6.56. The van der Waals surface area contributed by atoms with Crippen molar-refractivity contribution >= 4 is 23.3 Å². The summed E-state index contributed by atoms with van der Waals surface area (Å²) < 4.78 is 7.28. The van der Waals surface area contributed by atoms with Crippen LogP contribution in [0.4, 0.5) is 5.82 Å². The number of aromatic nitrogens is 3. The van der Waals surface area contributed by atoms with E-state index in [1.54, 1.807) is 17.2 Å². The molecular formula is C21H29ClN6O2. The van der Waals surface area contributed by atoms with Gasteiger partial charge >= 0.3 is 0 Å². The van der Waals surface area contributed by atoms with Gasteiger partial charge in [-0.15, -0.1) is 0 Å². The van der Waals surface area contributed by atoms with Crippen LogP contribution < -0.4 is 4.90 Å². The fourth-order valence-electron chi connectivity index (χ4n) is 3.99. The molecule has 0 spiro atoms. The first-order valence-corrected chi connectivity index (χ1v) is 11.0. The van der Waals surface area contributed by atoms with Crippen LogP contribution in [0.15, 0.2) is 24.7 Å². The number of anilines is 1. The molecule has 30 heavy (non-hydrogen) atoms. The minimum Gasteiger partial charge on any atom is -0.378 e. The lowest BCUT2D eigenvalue weighted by Crippen LogP contribution is -2.40. The maximum absolute atomic E-state index is 12.7. The van der Waals surface area contributed by atoms with Crippen molar-refractivity contribution in [1.29, 1.82) is 0 Å². The van der Waals surface area contributed by atoms with E-state index in [2.05, 4.69) is 33.0 Å². The van der Waals surface area contributed by atoms with Crippen LogP contribution in [0.3, 0.4) is 0 Å². The van der Waals surface area contributed by atoms with Crippen LogP contribution in [0.5, 0.6) is 0 Å². The van der Waals surface area contributed by atoms with Crippen molar-refractivity contribution in [3.05, 3.63) is 40.8 Å². The largest absolute Gasteiger partial charge is 0.378 e. The maximum atomic E-state index is 12.7. The molecule has 0 aliphatic carbocycles. The Bertz CT molecular complexity index is 867. The minimum absolute atomic E-state index is 0.0334. The lowest BCUT2D eigenvalue weighted by molar-refractivity contribution is 0.0302. The van der Waals surface area contributed by atoms with Gasteiger partial charge in [0.05, 0.1) is 30.0 Å². The summed E-state index contributed by atoms with van der Waals surface area (Å²) in [7, 11) is 0.